The van der Waals surface area contributed by atoms with Crippen molar-refractivity contribution in [2.24, 2.45) is 0 Å². The van der Waals surface area contributed by atoms with E-state index in [-0.39, 0.29) is 21.7 Å². The molecule has 0 aliphatic heterocycles. The van der Waals surface area contributed by atoms with E-state index in [9.17, 15) is 10.2 Å². The molecule has 5 rings (SSSR count). The van der Waals surface area contributed by atoms with Gasteiger partial charge in [-0.2, -0.15) is 23.5 Å². The van der Waals surface area contributed by atoms with Crippen LogP contribution < -0.4 is 0 Å². The maximum absolute atomic E-state index is 12.0. The molecule has 0 bridgehead atoms. The zero-order valence-electron chi connectivity index (χ0n) is 37.3. The second-order valence-electron chi connectivity index (χ2n) is 20.9. The molecule has 0 saturated heterocycles. The minimum atomic E-state index is 0.00292. The number of thioether (sulfide) groups is 2. The molecule has 56 heavy (non-hydrogen) atoms. The quantitative estimate of drug-likeness (QED) is 0.186. The number of hydrogen-bond acceptors (Lipinski definition) is 4. The van der Waals surface area contributed by atoms with Crippen molar-refractivity contribution in [1.29, 1.82) is 0 Å². The third kappa shape index (κ3) is 11.0. The lowest BCUT2D eigenvalue weighted by Gasteiger charge is -2.29. The van der Waals surface area contributed by atoms with Gasteiger partial charge >= 0.3 is 0 Å². The lowest BCUT2D eigenvalue weighted by Crippen LogP contribution is -2.22. The molecule has 0 radical (unpaired) electrons. The number of phenols is 2. The average molecular weight is 793 g/mol. The molecule has 0 amide bonds. The van der Waals surface area contributed by atoms with Gasteiger partial charge in [-0.3, -0.25) is 0 Å². The van der Waals surface area contributed by atoms with E-state index in [0.717, 1.165) is 44.9 Å². The summed E-state index contributed by atoms with van der Waals surface area (Å²) in [6.45, 7) is 31.6. The Balaban J connectivity index is 1.42. The third-order valence-electron chi connectivity index (χ3n) is 11.7. The highest BCUT2D eigenvalue weighted by Crippen LogP contribution is 2.45. The number of aromatic hydroxyl groups is 2. The Hall–Kier alpha value is -2.82. The number of aryl methyl sites for hydroxylation is 2. The maximum atomic E-state index is 12.0. The van der Waals surface area contributed by atoms with Crippen molar-refractivity contribution in [2.75, 3.05) is 0 Å². The Morgan fingerprint density at radius 2 is 0.750 bits per heavy atom. The Kier molecular flexibility index (Phi) is 13.6. The normalized spacial score (nSPS) is 17.5. The minimum absolute atomic E-state index is 0.00292. The van der Waals surface area contributed by atoms with Gasteiger partial charge in [0.15, 0.2) is 0 Å². The summed E-state index contributed by atoms with van der Waals surface area (Å²) in [5, 5.41) is 24.9. The molecule has 1 aliphatic rings. The average Bonchev–Trinajstić information content (AvgIpc) is 3.08. The largest absolute Gasteiger partial charge is 0.507 e. The van der Waals surface area contributed by atoms with Crippen LogP contribution >= 0.6 is 23.5 Å². The van der Waals surface area contributed by atoms with Gasteiger partial charge in [0.25, 0.3) is 0 Å². The zero-order valence-corrected chi connectivity index (χ0v) is 38.9. The summed E-state index contributed by atoms with van der Waals surface area (Å²) < 4.78 is 0. The molecule has 4 heteroatoms. The van der Waals surface area contributed by atoms with Crippen molar-refractivity contribution in [3.63, 3.8) is 0 Å². The van der Waals surface area contributed by atoms with Gasteiger partial charge in [-0.25, -0.2) is 0 Å². The van der Waals surface area contributed by atoms with Crippen LogP contribution in [0.5, 0.6) is 11.5 Å². The molecule has 2 nitrogen and oxygen atoms in total. The Morgan fingerprint density at radius 1 is 0.446 bits per heavy atom. The molecular formula is C52H72O2S2. The van der Waals surface area contributed by atoms with Gasteiger partial charge in [0.2, 0.25) is 0 Å². The summed E-state index contributed by atoms with van der Waals surface area (Å²) in [6, 6.07) is 22.6. The number of phenolic OH excluding ortho intramolecular Hbond substituents is 2. The molecule has 0 aromatic heterocycles. The topological polar surface area (TPSA) is 40.5 Å². The van der Waals surface area contributed by atoms with Crippen LogP contribution in [0.15, 0.2) is 60.7 Å². The van der Waals surface area contributed by atoms with Gasteiger partial charge < -0.3 is 10.2 Å². The fraction of sp³-hybridized carbons (Fsp3) is 0.538. The first-order valence-corrected chi connectivity index (χ1v) is 23.2. The van der Waals surface area contributed by atoms with Crippen LogP contribution in [0.25, 0.3) is 22.3 Å². The molecule has 2 N–H and O–H groups in total. The third-order valence-corrected chi connectivity index (χ3v) is 14.8. The highest BCUT2D eigenvalue weighted by molar-refractivity contribution is 8.03. The van der Waals surface area contributed by atoms with Gasteiger partial charge in [-0.1, -0.05) is 157 Å². The Morgan fingerprint density at radius 3 is 1.04 bits per heavy atom. The van der Waals surface area contributed by atoms with Crippen molar-refractivity contribution < 1.29 is 10.2 Å². The maximum Gasteiger partial charge on any atom is 0.127 e. The summed E-state index contributed by atoms with van der Waals surface area (Å²) in [6.07, 6.45) is 7.45. The van der Waals surface area contributed by atoms with Gasteiger partial charge in [0.05, 0.1) is 0 Å². The van der Waals surface area contributed by atoms with E-state index in [1.54, 1.807) is 0 Å². The smallest absolute Gasteiger partial charge is 0.127 e. The van der Waals surface area contributed by atoms with E-state index in [0.29, 0.717) is 22.0 Å². The van der Waals surface area contributed by atoms with Crippen molar-refractivity contribution in [1.82, 2.24) is 0 Å². The first-order chi connectivity index (χ1) is 25.9. The molecule has 1 fully saturated rings. The summed E-state index contributed by atoms with van der Waals surface area (Å²) >= 11 is 4.06. The van der Waals surface area contributed by atoms with Crippen molar-refractivity contribution >= 4 is 23.5 Å². The Labute approximate surface area is 350 Å². The molecule has 1 aliphatic carbocycles. The number of benzene rings is 4. The van der Waals surface area contributed by atoms with Crippen molar-refractivity contribution in [3.8, 4) is 33.8 Å². The molecule has 2 atom stereocenters. The SMILES string of the molecule is Cc1cc(CS[C@H]2CCCCCC[C@@H]2SCc2cc(C)cc(-c3cc(C(C)(C)C)cc(C(C)(C)C)c3)c2O)c(O)c(-c2cc(C(C)(C)C)cc(C(C)(C)C)c2)c1. The molecule has 0 unspecified atom stereocenters. The van der Waals surface area contributed by atoms with Gasteiger partial charge in [-0.05, 0) is 105 Å². The lowest BCUT2D eigenvalue weighted by atomic mass is 9.78. The standard InChI is InChI=1S/C52H72O2S2/c1-33-21-37(47(53)43(23-33)35-25-39(49(3,4)5)29-40(26-35)50(6,7)8)31-55-45-19-17-15-16-18-20-46(45)56-32-38-22-34(2)24-44(48(38)54)36-27-41(51(9,10)11)30-42(28-36)52(12,13)14/h21-30,45-46,53-54H,15-20,31-32H2,1-14H3/t45-,46-/m0/s1. The first kappa shape index (κ1) is 44.3. The molecule has 0 heterocycles. The molecule has 4 aromatic carbocycles. The van der Waals surface area contributed by atoms with Crippen LogP contribution in [0.2, 0.25) is 0 Å². The first-order valence-electron chi connectivity index (χ1n) is 21.1. The molecular weight excluding hydrogens is 721 g/mol. The second-order valence-corrected chi connectivity index (χ2v) is 23.4. The second kappa shape index (κ2) is 17.2. The van der Waals surface area contributed by atoms with Crippen LogP contribution in [0, 0.1) is 13.8 Å². The monoisotopic (exact) mass is 792 g/mol. The molecule has 304 valence electrons. The summed E-state index contributed by atoms with van der Waals surface area (Å²) in [4.78, 5) is 0. The summed E-state index contributed by atoms with van der Waals surface area (Å²) in [5.74, 6) is 2.42. The predicted octanol–water partition coefficient (Wildman–Crippen LogP) is 15.5. The van der Waals surface area contributed by atoms with E-state index in [4.69, 9.17) is 0 Å². The van der Waals surface area contributed by atoms with Crippen LogP contribution in [-0.4, -0.2) is 20.7 Å². The highest BCUT2D eigenvalue weighted by atomic mass is 32.2. The van der Waals surface area contributed by atoms with E-state index in [1.807, 2.05) is 23.5 Å². The van der Waals surface area contributed by atoms with Crippen LogP contribution in [-0.2, 0) is 33.2 Å². The number of hydrogen-bond donors (Lipinski definition) is 2. The fourth-order valence-corrected chi connectivity index (χ4v) is 10.9. The predicted molar refractivity (Wildman–Crippen MR) is 249 cm³/mol. The van der Waals surface area contributed by atoms with E-state index in [2.05, 4.69) is 158 Å². The van der Waals surface area contributed by atoms with Crippen LogP contribution in [0.4, 0.5) is 0 Å². The molecule has 0 spiro atoms. The Bertz CT molecular complexity index is 1780. The van der Waals surface area contributed by atoms with Gasteiger partial charge in [-0.15, -0.1) is 0 Å². The molecule has 4 aromatic rings. The van der Waals surface area contributed by atoms with Gasteiger partial charge in [0, 0.05) is 44.3 Å². The van der Waals surface area contributed by atoms with E-state index in [1.165, 1.54) is 71.9 Å². The van der Waals surface area contributed by atoms with Gasteiger partial charge in [0.1, 0.15) is 11.5 Å². The van der Waals surface area contributed by atoms with Crippen molar-refractivity contribution in [2.45, 2.75) is 179 Å². The summed E-state index contributed by atoms with van der Waals surface area (Å²) in [7, 11) is 0. The minimum Gasteiger partial charge on any atom is -0.507 e. The van der Waals surface area contributed by atoms with Crippen molar-refractivity contribution in [3.05, 3.63) is 105 Å². The zero-order chi connectivity index (χ0) is 41.4. The molecule has 1 saturated carbocycles. The van der Waals surface area contributed by atoms with Crippen LogP contribution in [0.3, 0.4) is 0 Å². The highest BCUT2D eigenvalue weighted by Gasteiger charge is 2.28. The number of rotatable bonds is 8. The summed E-state index contributed by atoms with van der Waals surface area (Å²) in [5.41, 5.74) is 13.7. The van der Waals surface area contributed by atoms with E-state index < -0.39 is 0 Å². The van der Waals surface area contributed by atoms with E-state index >= 15 is 0 Å². The lowest BCUT2D eigenvalue weighted by molar-refractivity contribution is 0.471. The fourth-order valence-electron chi connectivity index (χ4n) is 7.86. The van der Waals surface area contributed by atoms with Crippen LogP contribution in [0.1, 0.15) is 166 Å².